The molecule has 0 bridgehead atoms. The molecule has 0 aliphatic rings. The van der Waals surface area contributed by atoms with Crippen LogP contribution < -0.4 is 5.73 Å². The summed E-state index contributed by atoms with van der Waals surface area (Å²) in [7, 11) is 0. The Labute approximate surface area is 98.1 Å². The van der Waals surface area contributed by atoms with Crippen LogP contribution in [0.1, 0.15) is 48.9 Å². The molecule has 0 aliphatic carbocycles. The highest BCUT2D eigenvalue weighted by molar-refractivity contribution is 5.90. The Bertz CT molecular complexity index is 346. The number of primary amides is 1. The Morgan fingerprint density at radius 3 is 2.19 bits per heavy atom. The zero-order chi connectivity index (χ0) is 12.7. The highest BCUT2D eigenvalue weighted by Gasteiger charge is 2.01. The monoisotopic (exact) mass is 222 g/mol. The molecule has 0 aliphatic heterocycles. The van der Waals surface area contributed by atoms with Gasteiger partial charge in [0, 0.05) is 5.69 Å². The van der Waals surface area contributed by atoms with E-state index in [2.05, 4.69) is 25.8 Å². The number of hydrogen-bond donors (Lipinski definition) is 1. The van der Waals surface area contributed by atoms with E-state index in [1.807, 2.05) is 19.9 Å². The highest BCUT2D eigenvalue weighted by Crippen LogP contribution is 2.03. The number of pyridine rings is 1. The SMILES string of the molecule is CCC(C)C.Cc1ccc(C(N)=O)nc1C. The van der Waals surface area contributed by atoms with Crippen LogP contribution in [0, 0.1) is 19.8 Å². The van der Waals surface area contributed by atoms with Crippen LogP contribution in [-0.4, -0.2) is 10.9 Å². The number of hydrogen-bond acceptors (Lipinski definition) is 2. The van der Waals surface area contributed by atoms with Crippen molar-refractivity contribution in [1.82, 2.24) is 4.98 Å². The molecule has 1 rings (SSSR count). The van der Waals surface area contributed by atoms with Crippen LogP contribution in [0.2, 0.25) is 0 Å². The van der Waals surface area contributed by atoms with Crippen LogP contribution in [0.25, 0.3) is 0 Å². The summed E-state index contributed by atoms with van der Waals surface area (Å²) in [5.41, 5.74) is 7.27. The first-order valence-electron chi connectivity index (χ1n) is 5.62. The third kappa shape index (κ3) is 5.49. The highest BCUT2D eigenvalue weighted by atomic mass is 16.1. The molecule has 3 heteroatoms. The van der Waals surface area contributed by atoms with Crippen molar-refractivity contribution in [3.63, 3.8) is 0 Å². The standard InChI is InChI=1S/C8H10N2O.C5H12/c1-5-3-4-7(8(9)11)10-6(5)2;1-4-5(2)3/h3-4H,1-2H3,(H2,9,11);5H,4H2,1-3H3. The van der Waals surface area contributed by atoms with Crippen molar-refractivity contribution in [2.24, 2.45) is 11.7 Å². The van der Waals surface area contributed by atoms with Crippen molar-refractivity contribution in [2.75, 3.05) is 0 Å². The van der Waals surface area contributed by atoms with Gasteiger partial charge in [-0.25, -0.2) is 4.98 Å². The minimum atomic E-state index is -0.479. The van der Waals surface area contributed by atoms with Crippen LogP contribution in [0.4, 0.5) is 0 Å². The van der Waals surface area contributed by atoms with Gasteiger partial charge in [0.05, 0.1) is 0 Å². The number of aryl methyl sites for hydroxylation is 2. The number of amides is 1. The number of carbonyl (C=O) groups excluding carboxylic acids is 1. The van der Waals surface area contributed by atoms with Gasteiger partial charge in [-0.05, 0) is 31.4 Å². The summed E-state index contributed by atoms with van der Waals surface area (Å²) in [4.78, 5) is 14.6. The molecule has 0 saturated carbocycles. The van der Waals surface area contributed by atoms with Gasteiger partial charge in [0.2, 0.25) is 0 Å². The molecule has 0 radical (unpaired) electrons. The van der Waals surface area contributed by atoms with Crippen molar-refractivity contribution in [3.05, 3.63) is 29.1 Å². The predicted molar refractivity (Wildman–Crippen MR) is 67.4 cm³/mol. The molecule has 1 heterocycles. The van der Waals surface area contributed by atoms with Crippen LogP contribution in [0.5, 0.6) is 0 Å². The van der Waals surface area contributed by atoms with E-state index in [1.54, 1.807) is 6.07 Å². The summed E-state index contributed by atoms with van der Waals surface area (Å²) in [6, 6.07) is 3.47. The van der Waals surface area contributed by atoms with Gasteiger partial charge in [0.15, 0.2) is 0 Å². The number of nitrogens with zero attached hydrogens (tertiary/aromatic N) is 1. The molecule has 0 fully saturated rings. The quantitative estimate of drug-likeness (QED) is 0.836. The van der Waals surface area contributed by atoms with Crippen LogP contribution in [0.15, 0.2) is 12.1 Å². The predicted octanol–water partition coefficient (Wildman–Crippen LogP) is 2.85. The lowest BCUT2D eigenvalue weighted by atomic mass is 10.2. The maximum atomic E-state index is 10.6. The Balaban J connectivity index is 0.000000385. The van der Waals surface area contributed by atoms with E-state index < -0.39 is 5.91 Å². The number of carbonyl (C=O) groups is 1. The molecule has 0 spiro atoms. The Morgan fingerprint density at radius 1 is 1.38 bits per heavy atom. The molecule has 16 heavy (non-hydrogen) atoms. The van der Waals surface area contributed by atoms with Gasteiger partial charge < -0.3 is 5.73 Å². The van der Waals surface area contributed by atoms with E-state index in [0.717, 1.165) is 17.2 Å². The van der Waals surface area contributed by atoms with Gasteiger partial charge in [-0.3, -0.25) is 4.79 Å². The van der Waals surface area contributed by atoms with E-state index in [0.29, 0.717) is 5.69 Å². The molecule has 1 aromatic rings. The van der Waals surface area contributed by atoms with Crippen molar-refractivity contribution in [1.29, 1.82) is 0 Å². The number of nitrogens with two attached hydrogens (primary N) is 1. The average molecular weight is 222 g/mol. The van der Waals surface area contributed by atoms with E-state index in [4.69, 9.17) is 5.73 Å². The Morgan fingerprint density at radius 2 is 1.88 bits per heavy atom. The molecule has 0 saturated heterocycles. The lowest BCUT2D eigenvalue weighted by molar-refractivity contribution is 0.0995. The molecule has 3 nitrogen and oxygen atoms in total. The van der Waals surface area contributed by atoms with Gasteiger partial charge in [-0.1, -0.05) is 33.3 Å². The summed E-state index contributed by atoms with van der Waals surface area (Å²) in [6.45, 7) is 10.4. The first-order valence-corrected chi connectivity index (χ1v) is 5.62. The van der Waals surface area contributed by atoms with Crippen molar-refractivity contribution in [3.8, 4) is 0 Å². The van der Waals surface area contributed by atoms with Gasteiger partial charge in [-0.2, -0.15) is 0 Å². The van der Waals surface area contributed by atoms with E-state index in [-0.39, 0.29) is 0 Å². The topological polar surface area (TPSA) is 56.0 Å². The molecule has 1 amide bonds. The van der Waals surface area contributed by atoms with Crippen molar-refractivity contribution in [2.45, 2.75) is 41.0 Å². The van der Waals surface area contributed by atoms with Crippen LogP contribution in [0.3, 0.4) is 0 Å². The molecule has 2 N–H and O–H groups in total. The maximum Gasteiger partial charge on any atom is 0.267 e. The minimum Gasteiger partial charge on any atom is -0.364 e. The van der Waals surface area contributed by atoms with Crippen LogP contribution in [-0.2, 0) is 0 Å². The second-order valence-corrected chi connectivity index (χ2v) is 4.27. The molecular formula is C13H22N2O. The second-order valence-electron chi connectivity index (χ2n) is 4.27. The third-order valence-electron chi connectivity index (χ3n) is 2.42. The zero-order valence-corrected chi connectivity index (χ0v) is 10.9. The van der Waals surface area contributed by atoms with Crippen molar-refractivity contribution < 1.29 is 4.79 Å². The van der Waals surface area contributed by atoms with Gasteiger partial charge in [0.25, 0.3) is 5.91 Å². The summed E-state index contributed by atoms with van der Waals surface area (Å²) < 4.78 is 0. The first-order chi connectivity index (χ1) is 7.38. The fraction of sp³-hybridized carbons (Fsp3) is 0.538. The van der Waals surface area contributed by atoms with E-state index in [1.165, 1.54) is 6.42 Å². The molecule has 0 aromatic carbocycles. The smallest absolute Gasteiger partial charge is 0.267 e. The summed E-state index contributed by atoms with van der Waals surface area (Å²) >= 11 is 0. The Kier molecular flexibility index (Phi) is 6.38. The lowest BCUT2D eigenvalue weighted by Gasteiger charge is -1.99. The lowest BCUT2D eigenvalue weighted by Crippen LogP contribution is -2.13. The third-order valence-corrected chi connectivity index (χ3v) is 2.42. The molecule has 90 valence electrons. The number of rotatable bonds is 2. The molecule has 0 atom stereocenters. The summed E-state index contributed by atoms with van der Waals surface area (Å²) in [6.07, 6.45) is 1.31. The molecular weight excluding hydrogens is 200 g/mol. The maximum absolute atomic E-state index is 10.6. The number of aromatic nitrogens is 1. The molecule has 1 aromatic heterocycles. The summed E-state index contributed by atoms with van der Waals surface area (Å²) in [5, 5.41) is 0. The fourth-order valence-electron chi connectivity index (χ4n) is 0.768. The van der Waals surface area contributed by atoms with Gasteiger partial charge in [0.1, 0.15) is 5.69 Å². The van der Waals surface area contributed by atoms with E-state index in [9.17, 15) is 4.79 Å². The van der Waals surface area contributed by atoms with Gasteiger partial charge >= 0.3 is 0 Å². The Hall–Kier alpha value is -1.38. The van der Waals surface area contributed by atoms with Gasteiger partial charge in [-0.15, -0.1) is 0 Å². The normalized spacial score (nSPS) is 9.62. The molecule has 0 unspecified atom stereocenters. The summed E-state index contributed by atoms with van der Waals surface area (Å²) in [5.74, 6) is 0.406. The average Bonchev–Trinajstić information content (AvgIpc) is 2.22. The largest absolute Gasteiger partial charge is 0.364 e. The second kappa shape index (κ2) is 6.99. The fourth-order valence-corrected chi connectivity index (χ4v) is 0.768. The van der Waals surface area contributed by atoms with E-state index >= 15 is 0 Å². The van der Waals surface area contributed by atoms with Crippen molar-refractivity contribution >= 4 is 5.91 Å². The first kappa shape index (κ1) is 14.6. The van der Waals surface area contributed by atoms with Crippen LogP contribution >= 0.6 is 0 Å². The zero-order valence-electron chi connectivity index (χ0n) is 10.9. The minimum absolute atomic E-state index is 0.327.